The number of amides is 1. The molecule has 1 atom stereocenters. The second kappa shape index (κ2) is 6.67. The Morgan fingerprint density at radius 3 is 2.52 bits per heavy atom. The molecular formula is C18H15ClN2O2. The maximum Gasteiger partial charge on any atom is 0.273 e. The van der Waals surface area contributed by atoms with Crippen LogP contribution in [0.4, 0.5) is 0 Å². The van der Waals surface area contributed by atoms with Crippen molar-refractivity contribution >= 4 is 17.5 Å². The van der Waals surface area contributed by atoms with Gasteiger partial charge in [-0.25, -0.2) is 0 Å². The summed E-state index contributed by atoms with van der Waals surface area (Å²) in [6, 6.07) is 18.4. The molecule has 0 saturated carbocycles. The van der Waals surface area contributed by atoms with Crippen LogP contribution in [0.3, 0.4) is 0 Å². The molecule has 0 spiro atoms. The SMILES string of the molecule is CC(NC(=O)c1cc(-c2ccc(Cl)cc2)on1)c1ccccc1. The fourth-order valence-corrected chi connectivity index (χ4v) is 2.35. The van der Waals surface area contributed by atoms with Crippen LogP contribution in [0.25, 0.3) is 11.3 Å². The molecule has 1 unspecified atom stereocenters. The Labute approximate surface area is 139 Å². The summed E-state index contributed by atoms with van der Waals surface area (Å²) in [5.74, 6) is 0.254. The van der Waals surface area contributed by atoms with Crippen molar-refractivity contribution in [3.05, 3.63) is 76.9 Å². The molecule has 3 aromatic rings. The summed E-state index contributed by atoms with van der Waals surface area (Å²) >= 11 is 5.86. The molecule has 116 valence electrons. The molecule has 1 amide bonds. The Bertz CT molecular complexity index is 797. The van der Waals surface area contributed by atoms with E-state index in [1.807, 2.05) is 49.4 Å². The molecule has 23 heavy (non-hydrogen) atoms. The minimum Gasteiger partial charge on any atom is -0.355 e. The highest BCUT2D eigenvalue weighted by atomic mass is 35.5. The van der Waals surface area contributed by atoms with Crippen LogP contribution >= 0.6 is 11.6 Å². The molecule has 5 heteroatoms. The van der Waals surface area contributed by atoms with Crippen molar-refractivity contribution < 1.29 is 9.32 Å². The smallest absolute Gasteiger partial charge is 0.273 e. The molecule has 1 aromatic heterocycles. The van der Waals surface area contributed by atoms with Crippen molar-refractivity contribution in [2.45, 2.75) is 13.0 Å². The number of carbonyl (C=O) groups excluding carboxylic acids is 1. The van der Waals surface area contributed by atoms with Gasteiger partial charge >= 0.3 is 0 Å². The minimum absolute atomic E-state index is 0.112. The second-order valence-corrected chi connectivity index (χ2v) is 5.63. The molecule has 0 fully saturated rings. The number of carbonyl (C=O) groups is 1. The number of benzene rings is 2. The molecule has 0 saturated heterocycles. The van der Waals surface area contributed by atoms with E-state index in [-0.39, 0.29) is 17.6 Å². The Kier molecular flexibility index (Phi) is 4.44. The van der Waals surface area contributed by atoms with E-state index in [0.29, 0.717) is 10.8 Å². The summed E-state index contributed by atoms with van der Waals surface area (Å²) in [4.78, 5) is 12.3. The fourth-order valence-electron chi connectivity index (χ4n) is 2.23. The molecule has 2 aromatic carbocycles. The van der Waals surface area contributed by atoms with Gasteiger partial charge in [0, 0.05) is 16.7 Å². The van der Waals surface area contributed by atoms with E-state index in [4.69, 9.17) is 16.1 Å². The topological polar surface area (TPSA) is 55.1 Å². The van der Waals surface area contributed by atoms with E-state index in [1.54, 1.807) is 18.2 Å². The van der Waals surface area contributed by atoms with Crippen LogP contribution in [0, 0.1) is 0 Å². The Balaban J connectivity index is 1.72. The zero-order chi connectivity index (χ0) is 16.2. The molecule has 0 aliphatic rings. The molecule has 0 aliphatic heterocycles. The van der Waals surface area contributed by atoms with Gasteiger partial charge in [0.15, 0.2) is 11.5 Å². The van der Waals surface area contributed by atoms with E-state index in [0.717, 1.165) is 11.1 Å². The highest BCUT2D eigenvalue weighted by molar-refractivity contribution is 6.30. The van der Waals surface area contributed by atoms with E-state index in [2.05, 4.69) is 10.5 Å². The molecule has 0 bridgehead atoms. The van der Waals surface area contributed by atoms with Gasteiger partial charge in [-0.3, -0.25) is 4.79 Å². The van der Waals surface area contributed by atoms with Gasteiger partial charge < -0.3 is 9.84 Å². The Morgan fingerprint density at radius 1 is 1.13 bits per heavy atom. The van der Waals surface area contributed by atoms with Gasteiger partial charge in [-0.15, -0.1) is 0 Å². The van der Waals surface area contributed by atoms with E-state index >= 15 is 0 Å². The third kappa shape index (κ3) is 3.60. The van der Waals surface area contributed by atoms with Gasteiger partial charge in [0.05, 0.1) is 6.04 Å². The largest absolute Gasteiger partial charge is 0.355 e. The predicted molar refractivity (Wildman–Crippen MR) is 89.3 cm³/mol. The van der Waals surface area contributed by atoms with Crippen LogP contribution < -0.4 is 5.32 Å². The average molecular weight is 327 g/mol. The molecule has 0 radical (unpaired) electrons. The summed E-state index contributed by atoms with van der Waals surface area (Å²) in [7, 11) is 0. The third-order valence-corrected chi connectivity index (χ3v) is 3.77. The third-order valence-electron chi connectivity index (χ3n) is 3.52. The fraction of sp³-hybridized carbons (Fsp3) is 0.111. The lowest BCUT2D eigenvalue weighted by Gasteiger charge is -2.12. The first kappa shape index (κ1) is 15.3. The van der Waals surface area contributed by atoms with E-state index in [9.17, 15) is 4.79 Å². The minimum atomic E-state index is -0.273. The van der Waals surface area contributed by atoms with Crippen LogP contribution in [0.15, 0.2) is 65.2 Å². The van der Waals surface area contributed by atoms with E-state index < -0.39 is 0 Å². The molecular weight excluding hydrogens is 312 g/mol. The van der Waals surface area contributed by atoms with Crippen molar-refractivity contribution in [1.29, 1.82) is 0 Å². The lowest BCUT2D eigenvalue weighted by atomic mass is 10.1. The summed E-state index contributed by atoms with van der Waals surface area (Å²) in [5.41, 5.74) is 2.09. The summed E-state index contributed by atoms with van der Waals surface area (Å²) in [5, 5.41) is 7.39. The Hall–Kier alpha value is -2.59. The van der Waals surface area contributed by atoms with Gasteiger partial charge in [-0.05, 0) is 36.8 Å². The molecule has 1 N–H and O–H groups in total. The first-order valence-electron chi connectivity index (χ1n) is 7.22. The van der Waals surface area contributed by atoms with Crippen LogP contribution in [0.1, 0.15) is 29.0 Å². The molecule has 0 aliphatic carbocycles. The number of halogens is 1. The highest BCUT2D eigenvalue weighted by Gasteiger charge is 2.16. The number of aromatic nitrogens is 1. The van der Waals surface area contributed by atoms with Crippen LogP contribution in [-0.4, -0.2) is 11.1 Å². The van der Waals surface area contributed by atoms with Crippen LogP contribution in [0.5, 0.6) is 0 Å². The lowest BCUT2D eigenvalue weighted by Crippen LogP contribution is -2.26. The first-order chi connectivity index (χ1) is 11.1. The van der Waals surface area contributed by atoms with Crippen molar-refractivity contribution in [2.75, 3.05) is 0 Å². The quantitative estimate of drug-likeness (QED) is 0.768. The number of hydrogen-bond donors (Lipinski definition) is 1. The first-order valence-corrected chi connectivity index (χ1v) is 7.60. The molecule has 4 nitrogen and oxygen atoms in total. The standard InChI is InChI=1S/C18H15ClN2O2/c1-12(13-5-3-2-4-6-13)20-18(22)16-11-17(23-21-16)14-7-9-15(19)10-8-14/h2-12H,1H3,(H,20,22). The average Bonchev–Trinajstić information content (AvgIpc) is 3.06. The van der Waals surface area contributed by atoms with Crippen molar-refractivity contribution in [2.24, 2.45) is 0 Å². The maximum atomic E-state index is 12.3. The molecule has 1 heterocycles. The number of nitrogens with one attached hydrogen (secondary N) is 1. The Morgan fingerprint density at radius 2 is 1.83 bits per heavy atom. The van der Waals surface area contributed by atoms with Crippen LogP contribution in [-0.2, 0) is 0 Å². The van der Waals surface area contributed by atoms with Crippen molar-refractivity contribution in [1.82, 2.24) is 10.5 Å². The number of nitrogens with zero attached hydrogens (tertiary/aromatic N) is 1. The normalized spacial score (nSPS) is 11.9. The van der Waals surface area contributed by atoms with Crippen LogP contribution in [0.2, 0.25) is 5.02 Å². The number of rotatable bonds is 4. The zero-order valence-corrected chi connectivity index (χ0v) is 13.2. The van der Waals surface area contributed by atoms with Gasteiger partial charge in [0.25, 0.3) is 5.91 Å². The summed E-state index contributed by atoms with van der Waals surface area (Å²) in [6.07, 6.45) is 0. The van der Waals surface area contributed by atoms with Gasteiger partial charge in [0.2, 0.25) is 0 Å². The van der Waals surface area contributed by atoms with E-state index in [1.165, 1.54) is 0 Å². The lowest BCUT2D eigenvalue weighted by molar-refractivity contribution is 0.0931. The molecule has 3 rings (SSSR count). The van der Waals surface area contributed by atoms with Gasteiger partial charge in [-0.1, -0.05) is 47.1 Å². The predicted octanol–water partition coefficient (Wildman–Crippen LogP) is 4.49. The highest BCUT2D eigenvalue weighted by Crippen LogP contribution is 2.22. The summed E-state index contributed by atoms with van der Waals surface area (Å²) < 4.78 is 5.25. The van der Waals surface area contributed by atoms with Gasteiger partial charge in [0.1, 0.15) is 0 Å². The monoisotopic (exact) mass is 326 g/mol. The van der Waals surface area contributed by atoms with Gasteiger partial charge in [-0.2, -0.15) is 0 Å². The number of hydrogen-bond acceptors (Lipinski definition) is 3. The van der Waals surface area contributed by atoms with Crippen molar-refractivity contribution in [3.63, 3.8) is 0 Å². The summed E-state index contributed by atoms with van der Waals surface area (Å²) in [6.45, 7) is 1.92. The second-order valence-electron chi connectivity index (χ2n) is 5.19. The van der Waals surface area contributed by atoms with Crippen molar-refractivity contribution in [3.8, 4) is 11.3 Å². The zero-order valence-electron chi connectivity index (χ0n) is 12.5. The maximum absolute atomic E-state index is 12.3.